The lowest BCUT2D eigenvalue weighted by molar-refractivity contribution is 0.415. The van der Waals surface area contributed by atoms with Crippen molar-refractivity contribution in [3.05, 3.63) is 48.7 Å². The first kappa shape index (κ1) is 15.2. The second-order valence-corrected chi connectivity index (χ2v) is 7.06. The van der Waals surface area contributed by atoms with Crippen molar-refractivity contribution in [3.63, 3.8) is 0 Å². The summed E-state index contributed by atoms with van der Waals surface area (Å²) in [5, 5.41) is 3.77. The van der Waals surface area contributed by atoms with Gasteiger partial charge in [-0.1, -0.05) is 0 Å². The summed E-state index contributed by atoms with van der Waals surface area (Å²) in [5.74, 6) is 1.21. The number of ether oxygens (including phenoxy) is 1. The van der Waals surface area contributed by atoms with Gasteiger partial charge >= 0.3 is 0 Å². The zero-order valence-electron chi connectivity index (χ0n) is 12.6. The summed E-state index contributed by atoms with van der Waals surface area (Å²) in [4.78, 5) is 8.86. The Hall–Kier alpha value is -2.67. The summed E-state index contributed by atoms with van der Waals surface area (Å²) in [5.41, 5.74) is 1.50. The standard InChI is InChI=1S/C16H15N3O3S/c1-22-13-5-3-12(4-6-13)18-16-17-10-11-9-14(23(2,20)21)7-8-15(11)19-16/h3-10H,1-2H3,(H,17,18,19). The minimum atomic E-state index is -3.24. The highest BCUT2D eigenvalue weighted by Crippen LogP contribution is 2.21. The van der Waals surface area contributed by atoms with Gasteiger partial charge in [-0.15, -0.1) is 0 Å². The fourth-order valence-electron chi connectivity index (χ4n) is 2.11. The maximum atomic E-state index is 11.6. The van der Waals surface area contributed by atoms with Crippen molar-refractivity contribution in [2.75, 3.05) is 18.7 Å². The molecule has 2 aromatic carbocycles. The van der Waals surface area contributed by atoms with E-state index >= 15 is 0 Å². The van der Waals surface area contributed by atoms with E-state index in [0.717, 1.165) is 11.4 Å². The van der Waals surface area contributed by atoms with Gasteiger partial charge in [0.2, 0.25) is 5.95 Å². The third-order valence-electron chi connectivity index (χ3n) is 3.33. The maximum absolute atomic E-state index is 11.6. The average Bonchev–Trinajstić information content (AvgIpc) is 2.54. The molecule has 0 radical (unpaired) electrons. The molecule has 3 aromatic rings. The van der Waals surface area contributed by atoms with Crippen molar-refractivity contribution in [2.45, 2.75) is 4.90 Å². The molecule has 0 fully saturated rings. The largest absolute Gasteiger partial charge is 0.497 e. The van der Waals surface area contributed by atoms with E-state index in [-0.39, 0.29) is 4.90 Å². The molecule has 0 spiro atoms. The average molecular weight is 329 g/mol. The highest BCUT2D eigenvalue weighted by molar-refractivity contribution is 7.90. The SMILES string of the molecule is COc1ccc(Nc2ncc3cc(S(C)(=O)=O)ccc3n2)cc1. The smallest absolute Gasteiger partial charge is 0.227 e. The van der Waals surface area contributed by atoms with Crippen LogP contribution >= 0.6 is 0 Å². The van der Waals surface area contributed by atoms with Gasteiger partial charge in [0.05, 0.1) is 17.5 Å². The van der Waals surface area contributed by atoms with Crippen LogP contribution in [0.3, 0.4) is 0 Å². The Morgan fingerprint density at radius 2 is 1.83 bits per heavy atom. The van der Waals surface area contributed by atoms with Gasteiger partial charge in [0, 0.05) is 23.5 Å². The highest BCUT2D eigenvalue weighted by Gasteiger charge is 2.09. The van der Waals surface area contributed by atoms with Crippen molar-refractivity contribution < 1.29 is 13.2 Å². The summed E-state index contributed by atoms with van der Waals surface area (Å²) in [6, 6.07) is 12.2. The first-order valence-corrected chi connectivity index (χ1v) is 8.73. The predicted octanol–water partition coefficient (Wildman–Crippen LogP) is 2.79. The third kappa shape index (κ3) is 3.40. The maximum Gasteiger partial charge on any atom is 0.227 e. The normalized spacial score (nSPS) is 11.4. The molecule has 7 heteroatoms. The van der Waals surface area contributed by atoms with Crippen molar-refractivity contribution >= 4 is 32.4 Å². The van der Waals surface area contributed by atoms with E-state index in [9.17, 15) is 8.42 Å². The van der Waals surface area contributed by atoms with E-state index in [1.165, 1.54) is 6.26 Å². The van der Waals surface area contributed by atoms with Gasteiger partial charge in [0.15, 0.2) is 9.84 Å². The Morgan fingerprint density at radius 3 is 2.48 bits per heavy atom. The van der Waals surface area contributed by atoms with Gasteiger partial charge in [0.1, 0.15) is 5.75 Å². The molecule has 0 atom stereocenters. The van der Waals surface area contributed by atoms with E-state index in [0.29, 0.717) is 16.9 Å². The second kappa shape index (κ2) is 5.85. The van der Waals surface area contributed by atoms with Crippen LogP contribution in [0.25, 0.3) is 10.9 Å². The third-order valence-corrected chi connectivity index (χ3v) is 4.44. The number of benzene rings is 2. The highest BCUT2D eigenvalue weighted by atomic mass is 32.2. The van der Waals surface area contributed by atoms with Crippen LogP contribution in [0.2, 0.25) is 0 Å². The number of nitrogens with one attached hydrogen (secondary N) is 1. The van der Waals surface area contributed by atoms with Crippen molar-refractivity contribution in [3.8, 4) is 5.75 Å². The first-order valence-electron chi connectivity index (χ1n) is 6.84. The summed E-state index contributed by atoms with van der Waals surface area (Å²) in [6.45, 7) is 0. The fraction of sp³-hybridized carbons (Fsp3) is 0.125. The Balaban J connectivity index is 1.90. The molecule has 0 aliphatic rings. The lowest BCUT2D eigenvalue weighted by Gasteiger charge is -2.07. The van der Waals surface area contributed by atoms with E-state index in [2.05, 4.69) is 15.3 Å². The van der Waals surface area contributed by atoms with Crippen molar-refractivity contribution in [1.29, 1.82) is 0 Å². The number of rotatable bonds is 4. The van der Waals surface area contributed by atoms with Crippen LogP contribution in [0.15, 0.2) is 53.6 Å². The number of aromatic nitrogens is 2. The fourth-order valence-corrected chi connectivity index (χ4v) is 2.76. The van der Waals surface area contributed by atoms with Gasteiger partial charge in [0.25, 0.3) is 0 Å². The molecule has 1 aromatic heterocycles. The molecule has 0 aliphatic heterocycles. The molecule has 0 amide bonds. The number of sulfone groups is 1. The molecule has 0 saturated carbocycles. The molecule has 6 nitrogen and oxygen atoms in total. The van der Waals surface area contributed by atoms with E-state index in [1.807, 2.05) is 24.3 Å². The van der Waals surface area contributed by atoms with Gasteiger partial charge in [-0.3, -0.25) is 0 Å². The van der Waals surface area contributed by atoms with E-state index < -0.39 is 9.84 Å². The van der Waals surface area contributed by atoms with Crippen molar-refractivity contribution in [2.24, 2.45) is 0 Å². The van der Waals surface area contributed by atoms with Crippen LogP contribution < -0.4 is 10.1 Å². The van der Waals surface area contributed by atoms with Gasteiger partial charge in [-0.2, -0.15) is 0 Å². The summed E-state index contributed by atoms with van der Waals surface area (Å²) in [6.07, 6.45) is 2.78. The zero-order valence-corrected chi connectivity index (χ0v) is 13.5. The van der Waals surface area contributed by atoms with Crippen LogP contribution in [0.4, 0.5) is 11.6 Å². The number of fused-ring (bicyclic) bond motifs is 1. The van der Waals surface area contributed by atoms with E-state index in [4.69, 9.17) is 4.74 Å². The Labute approximate surface area is 134 Å². The first-order chi connectivity index (χ1) is 11.0. The van der Waals surface area contributed by atoms with Crippen LogP contribution in [0.5, 0.6) is 5.75 Å². The van der Waals surface area contributed by atoms with Crippen molar-refractivity contribution in [1.82, 2.24) is 9.97 Å². The quantitative estimate of drug-likeness (QED) is 0.792. The molecule has 1 N–H and O–H groups in total. The Kier molecular flexibility index (Phi) is 3.87. The molecule has 0 unspecified atom stereocenters. The van der Waals surface area contributed by atoms with Crippen LogP contribution in [0.1, 0.15) is 0 Å². The van der Waals surface area contributed by atoms with Gasteiger partial charge in [-0.25, -0.2) is 18.4 Å². The van der Waals surface area contributed by atoms with Gasteiger partial charge < -0.3 is 10.1 Å². The Bertz CT molecular complexity index is 954. The predicted molar refractivity (Wildman–Crippen MR) is 88.9 cm³/mol. The summed E-state index contributed by atoms with van der Waals surface area (Å²) >= 11 is 0. The minimum absolute atomic E-state index is 0.254. The molecule has 0 bridgehead atoms. The second-order valence-electron chi connectivity index (χ2n) is 5.04. The monoisotopic (exact) mass is 329 g/mol. The lowest BCUT2D eigenvalue weighted by atomic mass is 10.2. The zero-order chi connectivity index (χ0) is 16.4. The van der Waals surface area contributed by atoms with E-state index in [1.54, 1.807) is 31.5 Å². The van der Waals surface area contributed by atoms with Crippen LogP contribution in [-0.4, -0.2) is 31.8 Å². The minimum Gasteiger partial charge on any atom is -0.497 e. The molecular weight excluding hydrogens is 314 g/mol. The number of hydrogen-bond acceptors (Lipinski definition) is 6. The molecule has 23 heavy (non-hydrogen) atoms. The summed E-state index contributed by atoms with van der Waals surface area (Å²) in [7, 11) is -1.63. The number of hydrogen-bond donors (Lipinski definition) is 1. The lowest BCUT2D eigenvalue weighted by Crippen LogP contribution is -1.99. The number of anilines is 2. The molecule has 118 valence electrons. The summed E-state index contributed by atoms with van der Waals surface area (Å²) < 4.78 is 28.3. The molecule has 3 rings (SSSR count). The topological polar surface area (TPSA) is 81.2 Å². The number of nitrogens with zero attached hydrogens (tertiary/aromatic N) is 2. The molecule has 0 saturated heterocycles. The molecule has 0 aliphatic carbocycles. The van der Waals surface area contributed by atoms with Crippen LogP contribution in [0, 0.1) is 0 Å². The number of methoxy groups -OCH3 is 1. The molecular formula is C16H15N3O3S. The Morgan fingerprint density at radius 1 is 1.09 bits per heavy atom. The molecule has 1 heterocycles. The van der Waals surface area contributed by atoms with Gasteiger partial charge in [-0.05, 0) is 42.5 Å². The van der Waals surface area contributed by atoms with Crippen LogP contribution in [-0.2, 0) is 9.84 Å².